The Hall–Kier alpha value is -1.02. The zero-order valence-corrected chi connectivity index (χ0v) is 12.8. The van der Waals surface area contributed by atoms with Crippen LogP contribution in [0, 0.1) is 5.41 Å². The van der Waals surface area contributed by atoms with Gasteiger partial charge in [0.15, 0.2) is 0 Å². The van der Waals surface area contributed by atoms with Gasteiger partial charge in [-0.15, -0.1) is 0 Å². The summed E-state index contributed by atoms with van der Waals surface area (Å²) in [5.41, 5.74) is 0.321. The maximum Gasteiger partial charge on any atom is 0.119 e. The van der Waals surface area contributed by atoms with E-state index >= 15 is 0 Å². The minimum atomic E-state index is 0.321. The third kappa shape index (κ3) is 3.74. The summed E-state index contributed by atoms with van der Waals surface area (Å²) in [6.07, 6.45) is 1.06. The minimum absolute atomic E-state index is 0.321. The van der Waals surface area contributed by atoms with Crippen LogP contribution in [0.4, 0.5) is 0 Å². The van der Waals surface area contributed by atoms with Crippen LogP contribution in [-0.4, -0.2) is 6.61 Å². The zero-order chi connectivity index (χ0) is 13.2. The van der Waals surface area contributed by atoms with E-state index < -0.39 is 0 Å². The van der Waals surface area contributed by atoms with E-state index in [1.165, 1.54) is 10.8 Å². The first-order valence-corrected chi connectivity index (χ1v) is 7.05. The molecule has 0 aliphatic carbocycles. The molecule has 2 aromatic rings. The summed E-state index contributed by atoms with van der Waals surface area (Å²) >= 11 is 3.48. The highest BCUT2D eigenvalue weighted by Crippen LogP contribution is 2.25. The van der Waals surface area contributed by atoms with Crippen LogP contribution in [0.3, 0.4) is 0 Å². The number of hydrogen-bond donors (Lipinski definition) is 0. The Labute approximate surface area is 117 Å². The second-order valence-electron chi connectivity index (χ2n) is 5.81. The van der Waals surface area contributed by atoms with Gasteiger partial charge in [-0.25, -0.2) is 0 Å². The molecular formula is C16H19BrO. The van der Waals surface area contributed by atoms with E-state index in [0.717, 1.165) is 23.2 Å². The summed E-state index contributed by atoms with van der Waals surface area (Å²) in [5, 5.41) is 2.44. The van der Waals surface area contributed by atoms with Crippen molar-refractivity contribution in [3.63, 3.8) is 0 Å². The molecule has 0 aliphatic rings. The fraction of sp³-hybridized carbons (Fsp3) is 0.375. The van der Waals surface area contributed by atoms with Gasteiger partial charge >= 0.3 is 0 Å². The van der Waals surface area contributed by atoms with Gasteiger partial charge in [-0.1, -0.05) is 48.8 Å². The Morgan fingerprint density at radius 2 is 1.67 bits per heavy atom. The van der Waals surface area contributed by atoms with E-state index in [9.17, 15) is 0 Å². The van der Waals surface area contributed by atoms with Crippen molar-refractivity contribution in [3.05, 3.63) is 40.9 Å². The zero-order valence-electron chi connectivity index (χ0n) is 11.2. The molecule has 96 valence electrons. The number of hydrogen-bond acceptors (Lipinski definition) is 1. The van der Waals surface area contributed by atoms with E-state index in [1.807, 2.05) is 6.07 Å². The van der Waals surface area contributed by atoms with Crippen molar-refractivity contribution in [3.8, 4) is 5.75 Å². The first-order chi connectivity index (χ1) is 8.44. The average molecular weight is 307 g/mol. The first kappa shape index (κ1) is 13.4. The molecule has 0 aromatic heterocycles. The molecule has 0 amide bonds. The predicted octanol–water partition coefficient (Wildman–Crippen LogP) is 5.42. The lowest BCUT2D eigenvalue weighted by atomic mass is 9.93. The molecule has 0 N–H and O–H groups in total. The van der Waals surface area contributed by atoms with Gasteiger partial charge in [0.25, 0.3) is 0 Å². The molecule has 0 heterocycles. The maximum atomic E-state index is 5.81. The van der Waals surface area contributed by atoms with Crippen molar-refractivity contribution in [2.45, 2.75) is 27.2 Å². The van der Waals surface area contributed by atoms with Crippen LogP contribution in [0.2, 0.25) is 0 Å². The first-order valence-electron chi connectivity index (χ1n) is 6.26. The molecule has 0 saturated heterocycles. The maximum absolute atomic E-state index is 5.81. The number of fused-ring (bicyclic) bond motifs is 1. The van der Waals surface area contributed by atoms with Gasteiger partial charge in [0, 0.05) is 4.47 Å². The Kier molecular flexibility index (Phi) is 3.96. The Balaban J connectivity index is 2.08. The highest BCUT2D eigenvalue weighted by atomic mass is 79.9. The van der Waals surface area contributed by atoms with Crippen LogP contribution in [0.1, 0.15) is 27.2 Å². The van der Waals surface area contributed by atoms with Gasteiger partial charge in [0.1, 0.15) is 5.75 Å². The van der Waals surface area contributed by atoms with Crippen LogP contribution < -0.4 is 4.74 Å². The minimum Gasteiger partial charge on any atom is -0.494 e. The SMILES string of the molecule is CC(C)(C)CCOc1ccc2cc(Br)ccc2c1. The van der Waals surface area contributed by atoms with Crippen LogP contribution in [0.25, 0.3) is 10.8 Å². The van der Waals surface area contributed by atoms with Crippen molar-refractivity contribution in [2.75, 3.05) is 6.61 Å². The van der Waals surface area contributed by atoms with Crippen LogP contribution >= 0.6 is 15.9 Å². The van der Waals surface area contributed by atoms with Crippen molar-refractivity contribution in [1.82, 2.24) is 0 Å². The van der Waals surface area contributed by atoms with Gasteiger partial charge < -0.3 is 4.74 Å². The highest BCUT2D eigenvalue weighted by Gasteiger charge is 2.09. The highest BCUT2D eigenvalue weighted by molar-refractivity contribution is 9.10. The normalized spacial score (nSPS) is 11.8. The molecule has 0 fully saturated rings. The average Bonchev–Trinajstić information content (AvgIpc) is 2.27. The number of halogens is 1. The Morgan fingerprint density at radius 3 is 2.39 bits per heavy atom. The predicted molar refractivity (Wildman–Crippen MR) is 81.2 cm³/mol. The van der Waals surface area contributed by atoms with Gasteiger partial charge in [0.2, 0.25) is 0 Å². The smallest absolute Gasteiger partial charge is 0.119 e. The fourth-order valence-electron chi connectivity index (χ4n) is 1.76. The molecule has 0 bridgehead atoms. The topological polar surface area (TPSA) is 9.23 Å². The van der Waals surface area contributed by atoms with Crippen LogP contribution in [-0.2, 0) is 0 Å². The molecule has 0 unspecified atom stereocenters. The lowest BCUT2D eigenvalue weighted by Gasteiger charge is -2.18. The van der Waals surface area contributed by atoms with E-state index in [-0.39, 0.29) is 0 Å². The van der Waals surface area contributed by atoms with Crippen LogP contribution in [0.5, 0.6) is 5.75 Å². The Morgan fingerprint density at radius 1 is 1.00 bits per heavy atom. The van der Waals surface area contributed by atoms with E-state index in [4.69, 9.17) is 4.74 Å². The molecule has 18 heavy (non-hydrogen) atoms. The molecule has 2 heteroatoms. The molecule has 0 saturated carbocycles. The fourth-order valence-corrected chi connectivity index (χ4v) is 2.14. The molecular weight excluding hydrogens is 288 g/mol. The second-order valence-corrected chi connectivity index (χ2v) is 6.73. The molecule has 1 nitrogen and oxygen atoms in total. The van der Waals surface area contributed by atoms with Crippen molar-refractivity contribution in [1.29, 1.82) is 0 Å². The second kappa shape index (κ2) is 5.31. The lowest BCUT2D eigenvalue weighted by Crippen LogP contribution is -2.11. The van der Waals surface area contributed by atoms with E-state index in [1.54, 1.807) is 0 Å². The summed E-state index contributed by atoms with van der Waals surface area (Å²) in [7, 11) is 0. The van der Waals surface area contributed by atoms with Crippen molar-refractivity contribution >= 4 is 26.7 Å². The Bertz CT molecular complexity index is 540. The summed E-state index contributed by atoms with van der Waals surface area (Å²) in [6.45, 7) is 7.46. The molecule has 2 aromatic carbocycles. The van der Waals surface area contributed by atoms with Crippen molar-refractivity contribution in [2.24, 2.45) is 5.41 Å². The molecule has 2 rings (SSSR count). The number of benzene rings is 2. The molecule has 0 radical (unpaired) electrons. The largest absolute Gasteiger partial charge is 0.494 e. The number of rotatable bonds is 3. The van der Waals surface area contributed by atoms with E-state index in [2.05, 4.69) is 67.0 Å². The third-order valence-electron chi connectivity index (χ3n) is 2.89. The standard InChI is InChI=1S/C16H19BrO/c1-16(2,3)8-9-18-15-7-5-12-10-14(17)6-4-13(12)11-15/h4-7,10-11H,8-9H2,1-3H3. The van der Waals surface area contributed by atoms with Gasteiger partial charge in [-0.05, 0) is 46.9 Å². The monoisotopic (exact) mass is 306 g/mol. The number of ether oxygens (including phenoxy) is 1. The lowest BCUT2D eigenvalue weighted by molar-refractivity contribution is 0.243. The molecule has 0 aliphatic heterocycles. The van der Waals surface area contributed by atoms with Crippen molar-refractivity contribution < 1.29 is 4.74 Å². The quantitative estimate of drug-likeness (QED) is 0.736. The third-order valence-corrected chi connectivity index (χ3v) is 3.39. The van der Waals surface area contributed by atoms with Crippen LogP contribution in [0.15, 0.2) is 40.9 Å². The van der Waals surface area contributed by atoms with Gasteiger partial charge in [0.05, 0.1) is 6.61 Å². The van der Waals surface area contributed by atoms with Gasteiger partial charge in [-0.3, -0.25) is 0 Å². The molecule has 0 spiro atoms. The van der Waals surface area contributed by atoms with Gasteiger partial charge in [-0.2, -0.15) is 0 Å². The summed E-state index contributed by atoms with van der Waals surface area (Å²) < 4.78 is 6.92. The summed E-state index contributed by atoms with van der Waals surface area (Å²) in [6, 6.07) is 12.5. The summed E-state index contributed by atoms with van der Waals surface area (Å²) in [5.74, 6) is 0.953. The summed E-state index contributed by atoms with van der Waals surface area (Å²) in [4.78, 5) is 0. The molecule has 0 atom stereocenters. The van der Waals surface area contributed by atoms with E-state index in [0.29, 0.717) is 5.41 Å².